The van der Waals surface area contributed by atoms with Gasteiger partial charge in [-0.3, -0.25) is 4.79 Å². The largest absolute Gasteiger partial charge is 0.464 e. The number of carbonyl (C=O) groups is 2. The molecule has 0 atom stereocenters. The number of rotatable bonds is 4. The molecule has 5 nitrogen and oxygen atoms in total. The van der Waals surface area contributed by atoms with E-state index in [0.717, 1.165) is 18.9 Å². The monoisotopic (exact) mass is 376 g/mol. The lowest BCUT2D eigenvalue weighted by Gasteiger charge is -2.12. The van der Waals surface area contributed by atoms with Crippen LogP contribution in [-0.4, -0.2) is 29.3 Å². The molecule has 0 amide bonds. The summed E-state index contributed by atoms with van der Waals surface area (Å²) in [5.74, 6) is -0.777. The van der Waals surface area contributed by atoms with Crippen LogP contribution in [0.2, 0.25) is 5.02 Å². The summed E-state index contributed by atoms with van der Waals surface area (Å²) < 4.78 is 42.9. The van der Waals surface area contributed by atoms with Gasteiger partial charge in [0, 0.05) is 22.9 Å². The van der Waals surface area contributed by atoms with Crippen molar-refractivity contribution in [2.45, 2.75) is 16.1 Å². The lowest BCUT2D eigenvalue weighted by molar-refractivity contribution is -0.137. The topological polar surface area (TPSA) is 69.2 Å². The maximum absolute atomic E-state index is 12.8. The smallest absolute Gasteiger partial charge is 0.416 e. The van der Waals surface area contributed by atoms with Gasteiger partial charge in [0.15, 0.2) is 12.0 Å². The van der Waals surface area contributed by atoms with E-state index in [-0.39, 0.29) is 32.5 Å². The molecule has 0 saturated heterocycles. The van der Waals surface area contributed by atoms with Gasteiger partial charge in [-0.1, -0.05) is 23.4 Å². The van der Waals surface area contributed by atoms with Crippen molar-refractivity contribution in [2.75, 3.05) is 7.11 Å². The van der Waals surface area contributed by atoms with Gasteiger partial charge in [-0.2, -0.15) is 13.2 Å². The quantitative estimate of drug-likeness (QED) is 0.595. The molecule has 0 unspecified atom stereocenters. The second kappa shape index (κ2) is 7.18. The number of aromatic nitrogens is 2. The van der Waals surface area contributed by atoms with Gasteiger partial charge >= 0.3 is 12.1 Å². The number of halogens is 4. The number of benzene rings is 1. The Morgan fingerprint density at radius 3 is 2.54 bits per heavy atom. The van der Waals surface area contributed by atoms with Gasteiger partial charge in [-0.05, 0) is 12.1 Å². The van der Waals surface area contributed by atoms with Gasteiger partial charge in [-0.25, -0.2) is 14.8 Å². The summed E-state index contributed by atoms with van der Waals surface area (Å²) in [6.45, 7) is 0. The fourth-order valence-electron chi connectivity index (χ4n) is 1.71. The third-order valence-electron chi connectivity index (χ3n) is 2.77. The second-order valence-electron chi connectivity index (χ2n) is 4.30. The van der Waals surface area contributed by atoms with Crippen LogP contribution in [0, 0.1) is 0 Å². The maximum Gasteiger partial charge on any atom is 0.416 e. The summed E-state index contributed by atoms with van der Waals surface area (Å²) in [6.07, 6.45) is -1.86. The zero-order chi connectivity index (χ0) is 17.9. The van der Waals surface area contributed by atoms with Crippen LogP contribution in [0.25, 0.3) is 0 Å². The third kappa shape index (κ3) is 3.85. The fraction of sp³-hybridized carbons (Fsp3) is 0.143. The van der Waals surface area contributed by atoms with E-state index in [0.29, 0.717) is 12.1 Å². The van der Waals surface area contributed by atoms with E-state index >= 15 is 0 Å². The molecule has 10 heteroatoms. The molecular weight excluding hydrogens is 369 g/mol. The van der Waals surface area contributed by atoms with Crippen molar-refractivity contribution in [3.63, 3.8) is 0 Å². The lowest BCUT2D eigenvalue weighted by atomic mass is 10.1. The summed E-state index contributed by atoms with van der Waals surface area (Å²) in [6, 6.07) is 1.38. The summed E-state index contributed by atoms with van der Waals surface area (Å²) in [5.41, 5.74) is -1.47. The number of aldehydes is 1. The van der Waals surface area contributed by atoms with E-state index in [4.69, 9.17) is 11.6 Å². The Balaban J connectivity index is 2.52. The highest BCUT2D eigenvalue weighted by molar-refractivity contribution is 7.99. The zero-order valence-corrected chi connectivity index (χ0v) is 13.5. The molecule has 0 aliphatic heterocycles. The number of esters is 1. The summed E-state index contributed by atoms with van der Waals surface area (Å²) in [5, 5.41) is -0.243. The fourth-order valence-corrected chi connectivity index (χ4v) is 2.97. The molecule has 1 aromatic heterocycles. The maximum atomic E-state index is 12.8. The minimum atomic E-state index is -4.64. The molecule has 0 fully saturated rings. The highest BCUT2D eigenvalue weighted by atomic mass is 35.5. The summed E-state index contributed by atoms with van der Waals surface area (Å²) >= 11 is 6.64. The Morgan fingerprint density at radius 2 is 1.96 bits per heavy atom. The van der Waals surface area contributed by atoms with E-state index < -0.39 is 17.7 Å². The van der Waals surface area contributed by atoms with Crippen LogP contribution in [0.5, 0.6) is 0 Å². The first-order chi connectivity index (χ1) is 11.3. The second-order valence-corrected chi connectivity index (χ2v) is 5.70. The van der Waals surface area contributed by atoms with Crippen molar-refractivity contribution >= 4 is 35.6 Å². The average molecular weight is 377 g/mol. The van der Waals surface area contributed by atoms with E-state index in [9.17, 15) is 22.8 Å². The van der Waals surface area contributed by atoms with Gasteiger partial charge in [0.05, 0.1) is 17.7 Å². The van der Waals surface area contributed by atoms with Gasteiger partial charge in [0.25, 0.3) is 0 Å². The molecule has 0 bridgehead atoms. The minimum Gasteiger partial charge on any atom is -0.464 e. The molecule has 0 radical (unpaired) electrons. The van der Waals surface area contributed by atoms with Crippen LogP contribution in [-0.2, 0) is 10.9 Å². The first-order valence-electron chi connectivity index (χ1n) is 6.21. The average Bonchev–Trinajstić information content (AvgIpc) is 2.55. The number of methoxy groups -OCH3 is 1. The Bertz CT molecular complexity index is 799. The van der Waals surface area contributed by atoms with E-state index in [2.05, 4.69) is 14.7 Å². The molecule has 1 heterocycles. The molecule has 1 aromatic carbocycles. The summed E-state index contributed by atoms with van der Waals surface area (Å²) in [4.78, 5) is 30.6. The van der Waals surface area contributed by atoms with Crippen molar-refractivity contribution in [3.05, 3.63) is 46.4 Å². The molecule has 0 aliphatic rings. The van der Waals surface area contributed by atoms with Crippen molar-refractivity contribution in [3.8, 4) is 0 Å². The lowest BCUT2D eigenvalue weighted by Crippen LogP contribution is -2.08. The molecule has 2 aromatic rings. The Morgan fingerprint density at radius 1 is 1.29 bits per heavy atom. The van der Waals surface area contributed by atoms with E-state index in [1.165, 1.54) is 12.4 Å². The Hall–Kier alpha value is -2.13. The van der Waals surface area contributed by atoms with Crippen LogP contribution >= 0.6 is 23.4 Å². The first-order valence-corrected chi connectivity index (χ1v) is 7.40. The predicted molar refractivity (Wildman–Crippen MR) is 79.3 cm³/mol. The Kier molecular flexibility index (Phi) is 5.45. The van der Waals surface area contributed by atoms with Crippen LogP contribution in [0.15, 0.2) is 34.4 Å². The van der Waals surface area contributed by atoms with Crippen LogP contribution in [0.4, 0.5) is 13.2 Å². The molecular formula is C14H8ClF3N2O3S. The van der Waals surface area contributed by atoms with Gasteiger partial charge in [0.1, 0.15) is 5.03 Å². The SMILES string of the molecule is COC(=O)c1nccnc1Sc1c(Cl)cc(C(F)(F)F)cc1C=O. The van der Waals surface area contributed by atoms with Crippen molar-refractivity contribution < 1.29 is 27.5 Å². The molecule has 0 N–H and O–H groups in total. The molecule has 24 heavy (non-hydrogen) atoms. The molecule has 0 saturated carbocycles. The zero-order valence-electron chi connectivity index (χ0n) is 11.9. The first kappa shape index (κ1) is 18.2. The number of alkyl halides is 3. The van der Waals surface area contributed by atoms with Crippen molar-refractivity contribution in [2.24, 2.45) is 0 Å². The van der Waals surface area contributed by atoms with Crippen molar-refractivity contribution in [1.82, 2.24) is 9.97 Å². The highest BCUT2D eigenvalue weighted by Gasteiger charge is 2.32. The third-order valence-corrected chi connectivity index (χ3v) is 4.33. The summed E-state index contributed by atoms with van der Waals surface area (Å²) in [7, 11) is 1.15. The Labute approximate surface area is 143 Å². The minimum absolute atomic E-state index is 0.0327. The van der Waals surface area contributed by atoms with Gasteiger partial charge < -0.3 is 4.74 Å². The van der Waals surface area contributed by atoms with Crippen LogP contribution < -0.4 is 0 Å². The number of nitrogens with zero attached hydrogens (tertiary/aromatic N) is 2. The predicted octanol–water partition coefficient (Wildman–Crippen LogP) is 3.90. The normalized spacial score (nSPS) is 11.2. The standard InChI is InChI=1S/C14H8ClF3N2O3S/c1-23-13(22)10-12(20-3-2-19-10)24-11-7(6-21)4-8(5-9(11)15)14(16,17)18/h2-6H,1H3. The van der Waals surface area contributed by atoms with Crippen LogP contribution in [0.3, 0.4) is 0 Å². The molecule has 0 aliphatic carbocycles. The van der Waals surface area contributed by atoms with E-state index in [1.807, 2.05) is 0 Å². The van der Waals surface area contributed by atoms with Gasteiger partial charge in [-0.15, -0.1) is 0 Å². The van der Waals surface area contributed by atoms with E-state index in [1.54, 1.807) is 0 Å². The molecule has 126 valence electrons. The molecule has 0 spiro atoms. The molecule has 2 rings (SSSR count). The number of hydrogen-bond acceptors (Lipinski definition) is 6. The number of hydrogen-bond donors (Lipinski definition) is 0. The number of carbonyl (C=O) groups excluding carboxylic acids is 2. The van der Waals surface area contributed by atoms with Crippen LogP contribution in [0.1, 0.15) is 26.4 Å². The van der Waals surface area contributed by atoms with Crippen molar-refractivity contribution in [1.29, 1.82) is 0 Å². The number of ether oxygens (including phenoxy) is 1. The highest BCUT2D eigenvalue weighted by Crippen LogP contribution is 2.40. The van der Waals surface area contributed by atoms with Gasteiger partial charge in [0.2, 0.25) is 0 Å².